The van der Waals surface area contributed by atoms with Crippen LogP contribution < -0.4 is 10.2 Å². The number of hydrogen-bond donors (Lipinski definition) is 1. The van der Waals surface area contributed by atoms with Crippen LogP contribution in [0.3, 0.4) is 0 Å². The van der Waals surface area contributed by atoms with E-state index in [2.05, 4.69) is 27.9 Å². The largest absolute Gasteiger partial charge is 0.348 e. The maximum absolute atomic E-state index is 14.5. The smallest absolute Gasteiger partial charge is 0.251 e. The Labute approximate surface area is 209 Å². The Morgan fingerprint density at radius 3 is 2.48 bits per heavy atom. The Bertz CT molecular complexity index is 1260. The van der Waals surface area contributed by atoms with Crippen LogP contribution in [-0.2, 0) is 23.3 Å². The number of nitrogens with one attached hydrogen (secondary N) is 1. The zero-order valence-electron chi connectivity index (χ0n) is 17.9. The minimum atomic E-state index is -0.855. The molecule has 3 aromatic carbocycles. The molecular weight excluding hydrogens is 561 g/mol. The summed E-state index contributed by atoms with van der Waals surface area (Å²) in [7, 11) is 0. The number of carbonyl (C=O) groups excluding carboxylic acids is 2. The summed E-state index contributed by atoms with van der Waals surface area (Å²) in [5.41, 5.74) is 1.35. The van der Waals surface area contributed by atoms with E-state index in [1.165, 1.54) is 23.1 Å². The molecule has 2 amide bonds. The van der Waals surface area contributed by atoms with Crippen LogP contribution in [0.15, 0.2) is 54.6 Å². The summed E-state index contributed by atoms with van der Waals surface area (Å²) in [6.07, 6.45) is 0. The maximum atomic E-state index is 14.5. The molecule has 1 aliphatic rings. The normalized spacial score (nSPS) is 14.4. The van der Waals surface area contributed by atoms with Crippen LogP contribution in [-0.4, -0.2) is 11.8 Å². The fourth-order valence-electron chi connectivity index (χ4n) is 4.03. The number of hydrogen-bond acceptors (Lipinski definition) is 2. The lowest BCUT2D eigenvalue weighted by molar-refractivity contribution is -0.122. The van der Waals surface area contributed by atoms with Crippen molar-refractivity contribution in [1.82, 2.24) is 5.32 Å². The van der Waals surface area contributed by atoms with Crippen LogP contribution >= 0.6 is 34.2 Å². The molecule has 0 saturated heterocycles. The second-order valence-corrected chi connectivity index (χ2v) is 9.91. The molecule has 3 aromatic rings. The zero-order chi connectivity index (χ0) is 23.9. The van der Waals surface area contributed by atoms with E-state index in [4.69, 9.17) is 11.6 Å². The van der Waals surface area contributed by atoms with Crippen LogP contribution in [0.4, 0.5) is 14.5 Å². The highest BCUT2D eigenvalue weighted by molar-refractivity contribution is 14.1. The lowest BCUT2D eigenvalue weighted by Crippen LogP contribution is -2.36. The van der Waals surface area contributed by atoms with Gasteiger partial charge in [0, 0.05) is 37.4 Å². The maximum Gasteiger partial charge on any atom is 0.251 e. The SMILES string of the molecule is CC1(C)C(=O)N(Cc2c(F)cccc2Cl)c2cc(C(=O)NCc3ccccc3F)cc(I)c21. The van der Waals surface area contributed by atoms with Crippen LogP contribution in [0, 0.1) is 15.2 Å². The molecule has 0 aromatic heterocycles. The molecule has 0 fully saturated rings. The van der Waals surface area contributed by atoms with Gasteiger partial charge in [-0.1, -0.05) is 35.9 Å². The van der Waals surface area contributed by atoms with E-state index in [0.29, 0.717) is 16.8 Å². The average Bonchev–Trinajstić information content (AvgIpc) is 2.95. The summed E-state index contributed by atoms with van der Waals surface area (Å²) in [5.74, 6) is -1.52. The fraction of sp³-hybridized carbons (Fsp3) is 0.200. The van der Waals surface area contributed by atoms with Gasteiger partial charge in [-0.2, -0.15) is 0 Å². The molecule has 1 aliphatic heterocycles. The number of carbonyl (C=O) groups is 2. The standard InChI is InChI=1S/C25H20ClF2IN2O2/c1-25(2)22-20(29)10-15(23(32)30-12-14-6-3-4-8-18(14)27)11-21(22)31(24(25)33)13-16-17(26)7-5-9-19(16)28/h3-11H,12-13H2,1-2H3,(H,30,32). The van der Waals surface area contributed by atoms with Gasteiger partial charge in [-0.05, 0) is 66.8 Å². The highest BCUT2D eigenvalue weighted by Gasteiger charge is 2.46. The van der Waals surface area contributed by atoms with Gasteiger partial charge in [-0.15, -0.1) is 0 Å². The van der Waals surface area contributed by atoms with Crippen molar-refractivity contribution in [3.05, 3.63) is 97.1 Å². The molecule has 8 heteroatoms. The second-order valence-electron chi connectivity index (χ2n) is 8.34. The Kier molecular flexibility index (Phi) is 6.46. The summed E-state index contributed by atoms with van der Waals surface area (Å²) in [6, 6.07) is 13.9. The van der Waals surface area contributed by atoms with Crippen LogP contribution in [0.25, 0.3) is 0 Å². The van der Waals surface area contributed by atoms with Gasteiger partial charge in [0.1, 0.15) is 11.6 Å². The molecule has 0 unspecified atom stereocenters. The number of benzene rings is 3. The monoisotopic (exact) mass is 580 g/mol. The molecule has 0 bridgehead atoms. The fourth-order valence-corrected chi connectivity index (χ4v) is 5.54. The lowest BCUT2D eigenvalue weighted by atomic mass is 9.86. The molecule has 4 nitrogen and oxygen atoms in total. The van der Waals surface area contributed by atoms with E-state index in [0.717, 1.165) is 9.13 Å². The van der Waals surface area contributed by atoms with Crippen molar-refractivity contribution >= 4 is 51.7 Å². The Morgan fingerprint density at radius 1 is 1.09 bits per heavy atom. The van der Waals surface area contributed by atoms with Gasteiger partial charge in [0.2, 0.25) is 5.91 Å². The van der Waals surface area contributed by atoms with Gasteiger partial charge in [0.25, 0.3) is 5.91 Å². The Morgan fingerprint density at radius 2 is 1.79 bits per heavy atom. The van der Waals surface area contributed by atoms with E-state index >= 15 is 0 Å². The summed E-state index contributed by atoms with van der Waals surface area (Å²) in [4.78, 5) is 27.7. The highest BCUT2D eigenvalue weighted by Crippen LogP contribution is 2.45. The second kappa shape index (κ2) is 9.02. The van der Waals surface area contributed by atoms with Gasteiger partial charge in [-0.25, -0.2) is 8.78 Å². The highest BCUT2D eigenvalue weighted by atomic mass is 127. The molecule has 33 heavy (non-hydrogen) atoms. The van der Waals surface area contributed by atoms with Gasteiger partial charge >= 0.3 is 0 Å². The first-order chi connectivity index (χ1) is 15.6. The molecule has 4 rings (SSSR count). The van der Waals surface area contributed by atoms with Gasteiger partial charge in [0.05, 0.1) is 17.6 Å². The van der Waals surface area contributed by atoms with E-state index in [9.17, 15) is 18.4 Å². The van der Waals surface area contributed by atoms with Gasteiger partial charge < -0.3 is 10.2 Å². The minimum Gasteiger partial charge on any atom is -0.348 e. The van der Waals surface area contributed by atoms with Crippen molar-refractivity contribution in [1.29, 1.82) is 0 Å². The quantitative estimate of drug-likeness (QED) is 0.378. The van der Waals surface area contributed by atoms with Gasteiger partial charge in [-0.3, -0.25) is 9.59 Å². The first-order valence-corrected chi connectivity index (χ1v) is 11.7. The number of halogens is 4. The van der Waals surface area contributed by atoms with E-state index in [1.807, 2.05) is 0 Å². The number of anilines is 1. The molecule has 0 aliphatic carbocycles. The Hall–Kier alpha value is -2.52. The number of rotatable bonds is 5. The summed E-state index contributed by atoms with van der Waals surface area (Å²) in [6.45, 7) is 3.57. The number of fused-ring (bicyclic) bond motifs is 1. The molecule has 0 atom stereocenters. The predicted octanol–water partition coefficient (Wildman–Crippen LogP) is 5.98. The molecule has 1 heterocycles. The van der Waals surface area contributed by atoms with Crippen molar-refractivity contribution in [3.8, 4) is 0 Å². The topological polar surface area (TPSA) is 49.4 Å². The summed E-state index contributed by atoms with van der Waals surface area (Å²) in [5, 5.41) is 2.95. The third kappa shape index (κ3) is 4.36. The van der Waals surface area contributed by atoms with Gasteiger partial charge in [0.15, 0.2) is 0 Å². The molecule has 0 spiro atoms. The molecule has 0 radical (unpaired) electrons. The minimum absolute atomic E-state index is 0.0259. The summed E-state index contributed by atoms with van der Waals surface area (Å²) >= 11 is 8.31. The third-order valence-electron chi connectivity index (χ3n) is 5.80. The Balaban J connectivity index is 1.69. The van der Waals surface area contributed by atoms with Crippen molar-refractivity contribution in [2.45, 2.75) is 32.4 Å². The average molecular weight is 581 g/mol. The van der Waals surface area contributed by atoms with Crippen molar-refractivity contribution in [2.75, 3.05) is 4.90 Å². The van der Waals surface area contributed by atoms with Crippen molar-refractivity contribution in [3.63, 3.8) is 0 Å². The predicted molar refractivity (Wildman–Crippen MR) is 132 cm³/mol. The molecule has 170 valence electrons. The zero-order valence-corrected chi connectivity index (χ0v) is 20.8. The van der Waals surface area contributed by atoms with Crippen LogP contribution in [0.5, 0.6) is 0 Å². The van der Waals surface area contributed by atoms with E-state index in [1.54, 1.807) is 50.2 Å². The van der Waals surface area contributed by atoms with Crippen LogP contribution in [0.2, 0.25) is 5.02 Å². The first-order valence-electron chi connectivity index (χ1n) is 10.2. The van der Waals surface area contributed by atoms with Crippen molar-refractivity contribution in [2.24, 2.45) is 0 Å². The van der Waals surface area contributed by atoms with Crippen LogP contribution in [0.1, 0.15) is 40.9 Å². The molecular formula is C25H20ClF2IN2O2. The number of nitrogens with zero attached hydrogens (tertiary/aromatic N) is 1. The van der Waals surface area contributed by atoms with E-state index < -0.39 is 23.0 Å². The molecule has 1 N–H and O–H groups in total. The number of amides is 2. The van der Waals surface area contributed by atoms with E-state index in [-0.39, 0.29) is 29.6 Å². The third-order valence-corrected chi connectivity index (χ3v) is 7.01. The van der Waals surface area contributed by atoms with Crippen molar-refractivity contribution < 1.29 is 18.4 Å². The summed E-state index contributed by atoms with van der Waals surface area (Å²) < 4.78 is 29.1. The molecule has 0 saturated carbocycles. The lowest BCUT2D eigenvalue weighted by Gasteiger charge is -2.21. The first kappa shape index (κ1) is 23.6.